The zero-order valence-corrected chi connectivity index (χ0v) is 13.6. The maximum Gasteiger partial charge on any atom is 0.134 e. The molecule has 2 aromatic carbocycles. The second-order valence-electron chi connectivity index (χ2n) is 5.23. The van der Waals surface area contributed by atoms with Crippen molar-refractivity contribution in [3.05, 3.63) is 77.0 Å². The van der Waals surface area contributed by atoms with Crippen LogP contribution in [0.1, 0.15) is 11.3 Å². The van der Waals surface area contributed by atoms with E-state index >= 15 is 0 Å². The van der Waals surface area contributed by atoms with Crippen molar-refractivity contribution in [3.8, 4) is 17.1 Å². The van der Waals surface area contributed by atoms with Gasteiger partial charge in [-0.25, -0.2) is 0 Å². The SMILES string of the molecule is COc1ccc(CNCc2ccc(-c3cccc(Cl)c3)o2)cc1. The number of furan rings is 1. The summed E-state index contributed by atoms with van der Waals surface area (Å²) in [5.74, 6) is 2.59. The van der Waals surface area contributed by atoms with Gasteiger partial charge in [0.05, 0.1) is 13.7 Å². The lowest BCUT2D eigenvalue weighted by Crippen LogP contribution is -2.11. The molecular weight excluding hydrogens is 310 g/mol. The van der Waals surface area contributed by atoms with E-state index < -0.39 is 0 Å². The molecule has 0 saturated heterocycles. The van der Waals surface area contributed by atoms with Gasteiger partial charge in [0.1, 0.15) is 17.3 Å². The van der Waals surface area contributed by atoms with Gasteiger partial charge in [-0.2, -0.15) is 0 Å². The van der Waals surface area contributed by atoms with E-state index in [-0.39, 0.29) is 0 Å². The normalized spacial score (nSPS) is 10.7. The molecule has 118 valence electrons. The van der Waals surface area contributed by atoms with E-state index in [0.29, 0.717) is 11.6 Å². The van der Waals surface area contributed by atoms with E-state index in [1.807, 2.05) is 60.7 Å². The van der Waals surface area contributed by atoms with Crippen LogP contribution in [0.5, 0.6) is 5.75 Å². The zero-order chi connectivity index (χ0) is 16.1. The lowest BCUT2D eigenvalue weighted by Gasteiger charge is -2.05. The second-order valence-corrected chi connectivity index (χ2v) is 5.66. The minimum atomic E-state index is 0.673. The van der Waals surface area contributed by atoms with E-state index in [4.69, 9.17) is 20.8 Å². The number of methoxy groups -OCH3 is 1. The van der Waals surface area contributed by atoms with Gasteiger partial charge in [-0.1, -0.05) is 35.9 Å². The van der Waals surface area contributed by atoms with Crippen LogP contribution in [-0.2, 0) is 13.1 Å². The van der Waals surface area contributed by atoms with E-state index in [9.17, 15) is 0 Å². The summed E-state index contributed by atoms with van der Waals surface area (Å²) in [7, 11) is 1.67. The summed E-state index contributed by atoms with van der Waals surface area (Å²) in [5, 5.41) is 4.08. The largest absolute Gasteiger partial charge is 0.497 e. The van der Waals surface area contributed by atoms with Gasteiger partial charge >= 0.3 is 0 Å². The van der Waals surface area contributed by atoms with Crippen molar-refractivity contribution >= 4 is 11.6 Å². The van der Waals surface area contributed by atoms with Crippen molar-refractivity contribution in [2.24, 2.45) is 0 Å². The fourth-order valence-corrected chi connectivity index (χ4v) is 2.53. The maximum atomic E-state index is 6.01. The molecule has 0 amide bonds. The maximum absolute atomic E-state index is 6.01. The topological polar surface area (TPSA) is 34.4 Å². The highest BCUT2D eigenvalue weighted by Crippen LogP contribution is 2.24. The molecule has 1 aromatic heterocycles. The molecule has 0 fully saturated rings. The lowest BCUT2D eigenvalue weighted by atomic mass is 10.2. The molecule has 1 N–H and O–H groups in total. The molecule has 0 spiro atoms. The van der Waals surface area contributed by atoms with Gasteiger partial charge in [-0.15, -0.1) is 0 Å². The number of rotatable bonds is 6. The Morgan fingerprint density at radius 3 is 2.57 bits per heavy atom. The highest BCUT2D eigenvalue weighted by atomic mass is 35.5. The Labute approximate surface area is 140 Å². The van der Waals surface area contributed by atoms with Crippen LogP contribution in [-0.4, -0.2) is 7.11 Å². The standard InChI is InChI=1S/C19H18ClNO2/c1-22-17-7-5-14(6-8-17)12-21-13-18-9-10-19(23-18)15-3-2-4-16(20)11-15/h2-11,21H,12-13H2,1H3. The summed E-state index contributed by atoms with van der Waals surface area (Å²) in [4.78, 5) is 0. The molecule has 3 rings (SSSR count). The predicted molar refractivity (Wildman–Crippen MR) is 92.7 cm³/mol. The molecular formula is C19H18ClNO2. The highest BCUT2D eigenvalue weighted by molar-refractivity contribution is 6.30. The molecule has 3 aromatic rings. The Bertz CT molecular complexity index is 765. The van der Waals surface area contributed by atoms with Gasteiger partial charge in [-0.05, 0) is 42.0 Å². The Morgan fingerprint density at radius 2 is 1.83 bits per heavy atom. The first-order valence-corrected chi connectivity index (χ1v) is 7.81. The molecule has 0 bridgehead atoms. The van der Waals surface area contributed by atoms with E-state index in [1.165, 1.54) is 5.56 Å². The van der Waals surface area contributed by atoms with Crippen LogP contribution < -0.4 is 10.1 Å². The third-order valence-electron chi connectivity index (χ3n) is 3.56. The molecule has 0 unspecified atom stereocenters. The van der Waals surface area contributed by atoms with Gasteiger partial charge in [-0.3, -0.25) is 0 Å². The van der Waals surface area contributed by atoms with Crippen molar-refractivity contribution in [3.63, 3.8) is 0 Å². The molecule has 4 heteroatoms. The quantitative estimate of drug-likeness (QED) is 0.699. The van der Waals surface area contributed by atoms with Crippen molar-refractivity contribution in [1.29, 1.82) is 0 Å². The Morgan fingerprint density at radius 1 is 1.00 bits per heavy atom. The van der Waals surface area contributed by atoms with E-state index in [1.54, 1.807) is 7.11 Å². The van der Waals surface area contributed by atoms with Crippen molar-refractivity contribution in [1.82, 2.24) is 5.32 Å². The first-order chi connectivity index (χ1) is 11.2. The Hall–Kier alpha value is -2.23. The number of hydrogen-bond donors (Lipinski definition) is 1. The fraction of sp³-hybridized carbons (Fsp3) is 0.158. The average Bonchev–Trinajstić information content (AvgIpc) is 3.04. The molecule has 3 nitrogen and oxygen atoms in total. The average molecular weight is 328 g/mol. The molecule has 0 aliphatic heterocycles. The molecule has 0 atom stereocenters. The summed E-state index contributed by atoms with van der Waals surface area (Å²) in [5.41, 5.74) is 2.19. The van der Waals surface area contributed by atoms with E-state index in [0.717, 1.165) is 29.4 Å². The summed E-state index contributed by atoms with van der Waals surface area (Å²) in [6.45, 7) is 1.45. The predicted octanol–water partition coefficient (Wildman–Crippen LogP) is 4.90. The zero-order valence-electron chi connectivity index (χ0n) is 12.9. The van der Waals surface area contributed by atoms with Crippen LogP contribution in [0.4, 0.5) is 0 Å². The lowest BCUT2D eigenvalue weighted by molar-refractivity contribution is 0.414. The number of hydrogen-bond acceptors (Lipinski definition) is 3. The Kier molecular flexibility index (Phi) is 5.01. The molecule has 1 heterocycles. The van der Waals surface area contributed by atoms with Gasteiger partial charge in [0.25, 0.3) is 0 Å². The number of benzene rings is 2. The number of ether oxygens (including phenoxy) is 1. The fourth-order valence-electron chi connectivity index (χ4n) is 2.34. The molecule has 23 heavy (non-hydrogen) atoms. The molecule has 0 saturated carbocycles. The smallest absolute Gasteiger partial charge is 0.134 e. The van der Waals surface area contributed by atoms with Crippen molar-refractivity contribution in [2.75, 3.05) is 7.11 Å². The minimum Gasteiger partial charge on any atom is -0.497 e. The summed E-state index contributed by atoms with van der Waals surface area (Å²) >= 11 is 6.01. The van der Waals surface area contributed by atoms with Gasteiger partial charge < -0.3 is 14.5 Å². The molecule has 0 aliphatic carbocycles. The van der Waals surface area contributed by atoms with Gasteiger partial charge in [0.15, 0.2) is 0 Å². The van der Waals surface area contributed by atoms with Gasteiger partial charge in [0.2, 0.25) is 0 Å². The molecule has 0 aliphatic rings. The van der Waals surface area contributed by atoms with Gasteiger partial charge in [0, 0.05) is 17.1 Å². The summed E-state index contributed by atoms with van der Waals surface area (Å²) < 4.78 is 11.0. The number of halogens is 1. The summed E-state index contributed by atoms with van der Waals surface area (Å²) in [6.07, 6.45) is 0. The third-order valence-corrected chi connectivity index (χ3v) is 3.79. The van der Waals surface area contributed by atoms with E-state index in [2.05, 4.69) is 5.32 Å². The van der Waals surface area contributed by atoms with Crippen LogP contribution in [0.2, 0.25) is 5.02 Å². The first-order valence-electron chi connectivity index (χ1n) is 7.43. The monoisotopic (exact) mass is 327 g/mol. The minimum absolute atomic E-state index is 0.673. The third kappa shape index (κ3) is 4.15. The second kappa shape index (κ2) is 7.36. The number of nitrogens with one attached hydrogen (secondary N) is 1. The van der Waals surface area contributed by atoms with Crippen molar-refractivity contribution in [2.45, 2.75) is 13.1 Å². The van der Waals surface area contributed by atoms with Crippen LogP contribution in [0.15, 0.2) is 65.1 Å². The van der Waals surface area contributed by atoms with Crippen LogP contribution >= 0.6 is 11.6 Å². The van der Waals surface area contributed by atoms with Crippen molar-refractivity contribution < 1.29 is 9.15 Å². The first kappa shape index (κ1) is 15.7. The molecule has 0 radical (unpaired) electrons. The Balaban J connectivity index is 1.56. The highest BCUT2D eigenvalue weighted by Gasteiger charge is 2.05. The van der Waals surface area contributed by atoms with Crippen LogP contribution in [0.3, 0.4) is 0 Å². The van der Waals surface area contributed by atoms with Crippen LogP contribution in [0, 0.1) is 0 Å². The summed E-state index contributed by atoms with van der Waals surface area (Å²) in [6, 6.07) is 19.6. The van der Waals surface area contributed by atoms with Crippen LogP contribution in [0.25, 0.3) is 11.3 Å².